The number of nitrogen functional groups attached to an aromatic ring is 1. The van der Waals surface area contributed by atoms with Crippen LogP contribution in [0.2, 0.25) is 0 Å². The maximum Gasteiger partial charge on any atom is 0.273 e. The first-order valence-corrected chi connectivity index (χ1v) is 9.39. The number of imide groups is 1. The Labute approximate surface area is 143 Å². The summed E-state index contributed by atoms with van der Waals surface area (Å²) >= 11 is 0. The first kappa shape index (κ1) is 18.4. The van der Waals surface area contributed by atoms with Crippen molar-refractivity contribution in [3.8, 4) is 0 Å². The predicted molar refractivity (Wildman–Crippen MR) is 91.2 cm³/mol. The highest BCUT2D eigenvalue weighted by Gasteiger charge is 2.48. The minimum Gasteiger partial charge on any atom is -0.399 e. The average molecular weight is 352 g/mol. The van der Waals surface area contributed by atoms with Crippen LogP contribution in [-0.4, -0.2) is 24.5 Å². The van der Waals surface area contributed by atoms with Gasteiger partial charge in [0.2, 0.25) is 11.8 Å². The number of nitrogens with two attached hydrogens (primary N) is 1. The van der Waals surface area contributed by atoms with E-state index < -0.39 is 27.8 Å². The first-order chi connectivity index (χ1) is 11.0. The van der Waals surface area contributed by atoms with Crippen molar-refractivity contribution in [1.29, 1.82) is 0 Å². The van der Waals surface area contributed by atoms with Crippen LogP contribution >= 0.6 is 0 Å². The molecule has 0 heterocycles. The number of hydrogen-bond donors (Lipinski definition) is 1. The van der Waals surface area contributed by atoms with E-state index in [1.54, 1.807) is 0 Å². The lowest BCUT2D eigenvalue weighted by Gasteiger charge is -2.32. The minimum absolute atomic E-state index is 0.121. The van der Waals surface area contributed by atoms with Crippen LogP contribution in [0.3, 0.4) is 0 Å². The predicted octanol–water partition coefficient (Wildman–Crippen LogP) is 2.40. The van der Waals surface area contributed by atoms with Crippen LogP contribution in [0.1, 0.15) is 40.5 Å². The number of hydrogen-bond acceptors (Lipinski definition) is 5. The molecule has 7 heteroatoms. The van der Waals surface area contributed by atoms with Crippen LogP contribution in [0.5, 0.6) is 0 Å². The number of carbonyl (C=O) groups excluding carboxylic acids is 2. The molecule has 1 saturated carbocycles. The molecule has 0 saturated heterocycles. The fraction of sp³-hybridized carbons (Fsp3) is 0.529. The molecule has 0 aromatic heterocycles. The van der Waals surface area contributed by atoms with Gasteiger partial charge < -0.3 is 5.73 Å². The minimum atomic E-state index is -4.24. The van der Waals surface area contributed by atoms with Crippen LogP contribution in [0, 0.1) is 17.3 Å². The largest absolute Gasteiger partial charge is 0.399 e. The topological polar surface area (TPSA) is 97.5 Å². The fourth-order valence-corrected chi connectivity index (χ4v) is 4.67. The third-order valence-corrected chi connectivity index (χ3v) is 7.04. The molecule has 24 heavy (non-hydrogen) atoms. The molecule has 0 radical (unpaired) electrons. The SMILES string of the molecule is CC(=O)N(C(=O)C1CCC(C)C1(C)C)S(=O)(=O)c1ccc(N)cc1. The monoisotopic (exact) mass is 352 g/mol. The maximum atomic E-state index is 12.9. The van der Waals surface area contributed by atoms with Crippen molar-refractivity contribution >= 4 is 27.5 Å². The average Bonchev–Trinajstić information content (AvgIpc) is 2.72. The van der Waals surface area contributed by atoms with Crippen molar-refractivity contribution < 1.29 is 18.0 Å². The Morgan fingerprint density at radius 2 is 1.71 bits per heavy atom. The molecule has 1 aromatic rings. The molecular formula is C17H24N2O4S. The van der Waals surface area contributed by atoms with Crippen molar-refractivity contribution in [3.05, 3.63) is 24.3 Å². The summed E-state index contributed by atoms with van der Waals surface area (Å²) < 4.78 is 26.1. The van der Waals surface area contributed by atoms with Gasteiger partial charge in [-0.05, 0) is 48.4 Å². The fourth-order valence-electron chi connectivity index (χ4n) is 3.28. The van der Waals surface area contributed by atoms with E-state index in [2.05, 4.69) is 0 Å². The van der Waals surface area contributed by atoms with E-state index in [9.17, 15) is 18.0 Å². The summed E-state index contributed by atoms with van der Waals surface area (Å²) in [4.78, 5) is 24.8. The van der Waals surface area contributed by atoms with Gasteiger partial charge in [-0.15, -0.1) is 0 Å². The lowest BCUT2D eigenvalue weighted by Crippen LogP contribution is -2.46. The second-order valence-corrected chi connectivity index (χ2v) is 8.83. The van der Waals surface area contributed by atoms with E-state index in [1.165, 1.54) is 24.3 Å². The summed E-state index contributed by atoms with van der Waals surface area (Å²) in [6.07, 6.45) is 1.41. The molecule has 6 nitrogen and oxygen atoms in total. The van der Waals surface area contributed by atoms with E-state index in [-0.39, 0.29) is 16.2 Å². The zero-order chi connectivity index (χ0) is 18.3. The van der Waals surface area contributed by atoms with E-state index in [1.807, 2.05) is 20.8 Å². The summed E-state index contributed by atoms with van der Waals surface area (Å²) in [7, 11) is -4.24. The Morgan fingerprint density at radius 1 is 1.17 bits per heavy atom. The zero-order valence-corrected chi connectivity index (χ0v) is 15.3. The number of rotatable bonds is 3. The summed E-state index contributed by atoms with van der Waals surface area (Å²) in [6, 6.07) is 5.46. The van der Waals surface area contributed by atoms with E-state index >= 15 is 0 Å². The van der Waals surface area contributed by atoms with E-state index in [4.69, 9.17) is 5.73 Å². The Bertz CT molecular complexity index is 753. The summed E-state index contributed by atoms with van der Waals surface area (Å²) in [5.74, 6) is -1.67. The van der Waals surface area contributed by atoms with Crippen molar-refractivity contribution in [1.82, 2.24) is 4.31 Å². The van der Waals surface area contributed by atoms with Crippen LogP contribution in [0.15, 0.2) is 29.2 Å². The molecule has 1 aliphatic rings. The zero-order valence-electron chi connectivity index (χ0n) is 14.4. The van der Waals surface area contributed by atoms with Gasteiger partial charge in [-0.3, -0.25) is 9.59 Å². The number of nitrogens with zero attached hydrogens (tertiary/aromatic N) is 1. The molecule has 132 valence electrons. The third-order valence-electron chi connectivity index (χ3n) is 5.26. The smallest absolute Gasteiger partial charge is 0.273 e. The summed E-state index contributed by atoms with van der Waals surface area (Å²) in [5.41, 5.74) is 5.62. The Morgan fingerprint density at radius 3 is 2.12 bits per heavy atom. The van der Waals surface area contributed by atoms with Gasteiger partial charge in [-0.25, -0.2) is 8.42 Å². The van der Waals surface area contributed by atoms with Gasteiger partial charge in [0.1, 0.15) is 0 Å². The van der Waals surface area contributed by atoms with E-state index in [0.717, 1.165) is 13.3 Å². The highest BCUT2D eigenvalue weighted by atomic mass is 32.2. The number of amides is 2. The van der Waals surface area contributed by atoms with Crippen LogP contribution in [-0.2, 0) is 19.6 Å². The number of carbonyl (C=O) groups is 2. The lowest BCUT2D eigenvalue weighted by molar-refractivity contribution is -0.142. The molecule has 1 aromatic carbocycles. The quantitative estimate of drug-likeness (QED) is 0.843. The van der Waals surface area contributed by atoms with Gasteiger partial charge in [0, 0.05) is 18.5 Å². The normalized spacial score (nSPS) is 23.0. The van der Waals surface area contributed by atoms with Gasteiger partial charge in [0.05, 0.1) is 4.90 Å². The van der Waals surface area contributed by atoms with Crippen molar-refractivity contribution in [2.45, 2.75) is 45.4 Å². The Kier molecular flexibility index (Phi) is 4.77. The highest BCUT2D eigenvalue weighted by Crippen LogP contribution is 2.48. The second kappa shape index (κ2) is 6.20. The standard InChI is InChI=1S/C17H24N2O4S/c1-11-5-10-15(17(11,3)4)16(21)19(12(2)20)24(22,23)14-8-6-13(18)7-9-14/h6-9,11,15H,5,10,18H2,1-4H3. The van der Waals surface area contributed by atoms with Crippen molar-refractivity contribution in [2.24, 2.45) is 17.3 Å². The Balaban J connectivity index is 2.45. The van der Waals surface area contributed by atoms with Crippen LogP contribution in [0.4, 0.5) is 5.69 Å². The second-order valence-electron chi connectivity index (χ2n) is 7.05. The van der Waals surface area contributed by atoms with Gasteiger partial charge in [-0.1, -0.05) is 20.8 Å². The lowest BCUT2D eigenvalue weighted by atomic mass is 9.76. The number of benzene rings is 1. The molecule has 0 aliphatic heterocycles. The molecular weight excluding hydrogens is 328 g/mol. The molecule has 2 N–H and O–H groups in total. The number of anilines is 1. The van der Waals surface area contributed by atoms with E-state index in [0.29, 0.717) is 16.4 Å². The molecule has 2 rings (SSSR count). The number of sulfonamides is 1. The molecule has 2 unspecified atom stereocenters. The molecule has 1 aliphatic carbocycles. The first-order valence-electron chi connectivity index (χ1n) is 7.95. The third kappa shape index (κ3) is 3.05. The summed E-state index contributed by atoms with van der Waals surface area (Å²) in [6.45, 7) is 7.03. The maximum absolute atomic E-state index is 12.9. The van der Waals surface area contributed by atoms with Gasteiger partial charge in [-0.2, -0.15) is 4.31 Å². The molecule has 1 fully saturated rings. The molecule has 0 spiro atoms. The van der Waals surface area contributed by atoms with Gasteiger partial charge in [0.25, 0.3) is 10.0 Å². The van der Waals surface area contributed by atoms with Crippen LogP contribution in [0.25, 0.3) is 0 Å². The highest BCUT2D eigenvalue weighted by molar-refractivity contribution is 7.90. The molecule has 2 atom stereocenters. The summed E-state index contributed by atoms with van der Waals surface area (Å²) in [5, 5.41) is 0. The van der Waals surface area contributed by atoms with Gasteiger partial charge in [0.15, 0.2) is 0 Å². The molecule has 2 amide bonds. The van der Waals surface area contributed by atoms with Crippen molar-refractivity contribution in [2.75, 3.05) is 5.73 Å². The molecule has 0 bridgehead atoms. The Hall–Kier alpha value is -1.89. The van der Waals surface area contributed by atoms with Crippen LogP contribution < -0.4 is 5.73 Å². The van der Waals surface area contributed by atoms with Crippen molar-refractivity contribution in [3.63, 3.8) is 0 Å². The van der Waals surface area contributed by atoms with Gasteiger partial charge >= 0.3 is 0 Å².